The number of hydrogen-bond donors (Lipinski definition) is 2. The summed E-state index contributed by atoms with van der Waals surface area (Å²) in [6, 6.07) is 5.35. The summed E-state index contributed by atoms with van der Waals surface area (Å²) in [7, 11) is -6.07. The molecule has 250 valence electrons. The van der Waals surface area contributed by atoms with Crippen molar-refractivity contribution in [2.24, 2.45) is 16.5 Å². The quantitative estimate of drug-likeness (QED) is 0.129. The van der Waals surface area contributed by atoms with Crippen molar-refractivity contribution in [3.63, 3.8) is 0 Å². The molecule has 0 bridgehead atoms. The van der Waals surface area contributed by atoms with Crippen LogP contribution in [0.3, 0.4) is 0 Å². The summed E-state index contributed by atoms with van der Waals surface area (Å²) in [5.74, 6) is 4.00. The molecule has 14 nitrogen and oxygen atoms in total. The summed E-state index contributed by atoms with van der Waals surface area (Å²) in [6.07, 6.45) is 16.4. The summed E-state index contributed by atoms with van der Waals surface area (Å²) in [5.41, 5.74) is 12.9. The predicted molar refractivity (Wildman–Crippen MR) is 180 cm³/mol. The van der Waals surface area contributed by atoms with Gasteiger partial charge in [-0.05, 0) is 52.0 Å². The summed E-state index contributed by atoms with van der Waals surface area (Å²) < 4.78 is 56.8. The molecule has 0 saturated heterocycles. The van der Waals surface area contributed by atoms with Gasteiger partial charge in [0, 0.05) is 36.0 Å². The second-order valence-corrected chi connectivity index (χ2v) is 14.5. The second kappa shape index (κ2) is 14.0. The molecule has 0 saturated carbocycles. The molecule has 2 aromatic carbocycles. The van der Waals surface area contributed by atoms with E-state index in [1.807, 2.05) is 0 Å². The van der Waals surface area contributed by atoms with Crippen molar-refractivity contribution in [1.29, 1.82) is 0 Å². The minimum atomic E-state index is -3.68. The van der Waals surface area contributed by atoms with Gasteiger partial charge in [0.05, 0.1) is 50.8 Å². The number of carbonyl (C=O) groups excluding carboxylic acids is 2. The standard InChI is InChI=1S/C16H17N5O3S.C16H16N2O4S/c1-5-11-6-13(21-8-9(2)19-10(21)3)14(25(4,23)24)7-12(11)15(22)20-16(17)18;1-6-12-7-14(18-9-10(2)17-11(18)3)15(23(5,20)21)8-13(12)16(19)22-4/h1,6-8H,2-4H3,(H4,17,18,20,22);1,7-9H,2-5H3. The van der Waals surface area contributed by atoms with E-state index in [1.54, 1.807) is 49.2 Å². The van der Waals surface area contributed by atoms with E-state index < -0.39 is 37.5 Å². The number of terminal acetylenes is 2. The molecule has 4 N–H and O–H groups in total. The van der Waals surface area contributed by atoms with Crippen molar-refractivity contribution in [3.8, 4) is 36.1 Å². The zero-order valence-corrected chi connectivity index (χ0v) is 28.8. The molecule has 16 heteroatoms. The molecule has 0 aliphatic rings. The molecule has 0 radical (unpaired) electrons. The van der Waals surface area contributed by atoms with Crippen LogP contribution in [0.25, 0.3) is 11.4 Å². The fourth-order valence-electron chi connectivity index (χ4n) is 4.70. The van der Waals surface area contributed by atoms with Crippen molar-refractivity contribution in [3.05, 3.63) is 81.9 Å². The number of methoxy groups -OCH3 is 1. The van der Waals surface area contributed by atoms with E-state index in [9.17, 15) is 26.4 Å². The zero-order valence-electron chi connectivity index (χ0n) is 27.2. The van der Waals surface area contributed by atoms with Crippen molar-refractivity contribution in [2.75, 3.05) is 19.6 Å². The number of amides is 1. The Balaban J connectivity index is 0.000000261. The fraction of sp³-hybridized carbons (Fsp3) is 0.219. The van der Waals surface area contributed by atoms with Crippen LogP contribution in [-0.4, -0.2) is 73.4 Å². The van der Waals surface area contributed by atoms with E-state index in [0.29, 0.717) is 28.7 Å². The smallest absolute Gasteiger partial charge is 0.339 e. The molecule has 0 unspecified atom stereocenters. The van der Waals surface area contributed by atoms with Gasteiger partial charge < -0.3 is 25.3 Å². The average Bonchev–Trinajstić information content (AvgIpc) is 3.52. The van der Waals surface area contributed by atoms with Gasteiger partial charge in [-0.3, -0.25) is 4.79 Å². The van der Waals surface area contributed by atoms with Gasteiger partial charge in [-0.25, -0.2) is 31.6 Å². The molecule has 0 aliphatic heterocycles. The lowest BCUT2D eigenvalue weighted by Crippen LogP contribution is -2.24. The normalized spacial score (nSPS) is 11.0. The summed E-state index contributed by atoms with van der Waals surface area (Å²) in [5, 5.41) is 0. The largest absolute Gasteiger partial charge is 0.465 e. The number of nitrogens with two attached hydrogens (primary N) is 2. The van der Waals surface area contributed by atoms with Crippen molar-refractivity contribution in [1.82, 2.24) is 19.1 Å². The highest BCUT2D eigenvalue weighted by Crippen LogP contribution is 2.28. The molecule has 0 aliphatic carbocycles. The Morgan fingerprint density at radius 3 is 1.48 bits per heavy atom. The van der Waals surface area contributed by atoms with Crippen molar-refractivity contribution in [2.45, 2.75) is 37.5 Å². The van der Waals surface area contributed by atoms with Gasteiger partial charge in [0.1, 0.15) is 11.6 Å². The molecule has 48 heavy (non-hydrogen) atoms. The number of aryl methyl sites for hydroxylation is 4. The van der Waals surface area contributed by atoms with Crippen LogP contribution in [0.15, 0.2) is 51.4 Å². The SMILES string of the molecule is C#Cc1cc(-n2cc(C)nc2C)c(S(C)(=O)=O)cc1C(=O)N=C(N)N.C#Cc1cc(-n2cc(C)nc2C)c(S(C)(=O)=O)cc1C(=O)OC. The third-order valence-corrected chi connectivity index (χ3v) is 8.95. The van der Waals surface area contributed by atoms with Crippen LogP contribution in [0.1, 0.15) is 54.9 Å². The number of rotatable bonds is 6. The maximum atomic E-state index is 12.3. The monoisotopic (exact) mass is 691 g/mol. The van der Waals surface area contributed by atoms with Crippen LogP contribution in [0.5, 0.6) is 0 Å². The third kappa shape index (κ3) is 7.98. The summed E-state index contributed by atoms with van der Waals surface area (Å²) >= 11 is 0. The Morgan fingerprint density at radius 2 is 1.17 bits per heavy atom. The topological polar surface area (TPSA) is 212 Å². The van der Waals surface area contributed by atoms with Gasteiger partial charge in [-0.15, -0.1) is 12.8 Å². The van der Waals surface area contributed by atoms with Crippen LogP contribution in [-0.2, 0) is 24.4 Å². The average molecular weight is 692 g/mol. The Hall–Kier alpha value is -5.71. The van der Waals surface area contributed by atoms with E-state index in [-0.39, 0.29) is 32.0 Å². The Bertz CT molecular complexity index is 2300. The molecule has 0 fully saturated rings. The zero-order chi connectivity index (χ0) is 36.3. The lowest BCUT2D eigenvalue weighted by molar-refractivity contribution is 0.0600. The number of guanidine groups is 1. The van der Waals surface area contributed by atoms with Gasteiger partial charge >= 0.3 is 5.97 Å². The highest BCUT2D eigenvalue weighted by molar-refractivity contribution is 7.91. The molecule has 4 aromatic rings. The van der Waals surface area contributed by atoms with Crippen molar-refractivity contribution < 1.29 is 31.2 Å². The van der Waals surface area contributed by atoms with E-state index in [0.717, 1.165) is 18.2 Å². The number of ether oxygens (including phenoxy) is 1. The third-order valence-electron chi connectivity index (χ3n) is 6.70. The predicted octanol–water partition coefficient (Wildman–Crippen LogP) is 1.95. The van der Waals surface area contributed by atoms with Gasteiger partial charge in [0.2, 0.25) is 0 Å². The molecule has 0 spiro atoms. The molecule has 4 rings (SSSR count). The van der Waals surface area contributed by atoms with Crippen LogP contribution in [0.4, 0.5) is 0 Å². The minimum Gasteiger partial charge on any atom is -0.465 e. The van der Waals surface area contributed by atoms with Gasteiger partial charge in [0.25, 0.3) is 5.91 Å². The number of imidazole rings is 2. The summed E-state index contributed by atoms with van der Waals surface area (Å²) in [6.45, 7) is 7.06. The van der Waals surface area contributed by atoms with Crippen LogP contribution < -0.4 is 11.5 Å². The molecular weight excluding hydrogens is 659 g/mol. The first-order chi connectivity index (χ1) is 22.2. The lowest BCUT2D eigenvalue weighted by Gasteiger charge is -2.14. The molecule has 2 aromatic heterocycles. The Morgan fingerprint density at radius 1 is 0.771 bits per heavy atom. The van der Waals surface area contributed by atoms with E-state index in [4.69, 9.17) is 24.3 Å². The van der Waals surface area contributed by atoms with Crippen LogP contribution >= 0.6 is 0 Å². The highest BCUT2D eigenvalue weighted by Gasteiger charge is 2.24. The molecule has 2 heterocycles. The first kappa shape index (κ1) is 36.8. The number of carbonyl (C=O) groups is 2. The first-order valence-electron chi connectivity index (χ1n) is 13.7. The van der Waals surface area contributed by atoms with Gasteiger partial charge in [-0.2, -0.15) is 4.99 Å². The number of hydrogen-bond acceptors (Lipinski definition) is 9. The number of nitrogens with zero attached hydrogens (tertiary/aromatic N) is 5. The van der Waals surface area contributed by atoms with Crippen LogP contribution in [0, 0.1) is 52.4 Å². The maximum absolute atomic E-state index is 12.3. The number of esters is 1. The van der Waals surface area contributed by atoms with Crippen LogP contribution in [0.2, 0.25) is 0 Å². The second-order valence-electron chi connectivity index (χ2n) is 10.5. The number of aliphatic imine (C=N–C) groups is 1. The first-order valence-corrected chi connectivity index (χ1v) is 17.5. The fourth-order valence-corrected chi connectivity index (χ4v) is 6.44. The number of sulfone groups is 2. The van der Waals surface area contributed by atoms with Gasteiger partial charge in [-0.1, -0.05) is 11.8 Å². The Kier molecular flexibility index (Phi) is 10.7. The number of benzene rings is 2. The van der Waals surface area contributed by atoms with E-state index in [1.165, 1.54) is 31.4 Å². The Labute approximate surface area is 278 Å². The van der Waals surface area contributed by atoms with Gasteiger partial charge in [0.15, 0.2) is 25.6 Å². The summed E-state index contributed by atoms with van der Waals surface area (Å²) in [4.78, 5) is 35.9. The van der Waals surface area contributed by atoms with E-state index >= 15 is 0 Å². The van der Waals surface area contributed by atoms with Crippen molar-refractivity contribution >= 4 is 37.5 Å². The maximum Gasteiger partial charge on any atom is 0.339 e. The minimum absolute atomic E-state index is 0.0163. The lowest BCUT2D eigenvalue weighted by atomic mass is 10.1. The number of aromatic nitrogens is 4. The molecular formula is C32H33N7O7S2. The molecule has 0 atom stereocenters. The molecule has 1 amide bonds. The van der Waals surface area contributed by atoms with E-state index in [2.05, 4.69) is 31.5 Å². The highest BCUT2D eigenvalue weighted by atomic mass is 32.2.